The Hall–Kier alpha value is -3.76. The molecule has 2 aromatic carbocycles. The largest absolute Gasteiger partial charge is 0.338 e. The first-order valence-electron chi connectivity index (χ1n) is 13.8. The molecular weight excluding hydrogens is 544 g/mol. The molecule has 0 bridgehead atoms. The quantitative estimate of drug-likeness (QED) is 0.407. The molecule has 2 aliphatic heterocycles. The van der Waals surface area contributed by atoms with Crippen molar-refractivity contribution in [1.29, 1.82) is 0 Å². The molecule has 3 atom stereocenters. The lowest BCUT2D eigenvalue weighted by atomic mass is 9.74. The van der Waals surface area contributed by atoms with E-state index in [0.717, 1.165) is 27.6 Å². The normalized spacial score (nSPS) is 24.5. The Balaban J connectivity index is 1.31. The fraction of sp³-hybridized carbons (Fsp3) is 0.433. The van der Waals surface area contributed by atoms with E-state index in [1.54, 1.807) is 11.1 Å². The molecule has 0 radical (unpaired) electrons. The van der Waals surface area contributed by atoms with Crippen molar-refractivity contribution in [2.24, 2.45) is 17.1 Å². The molecule has 1 aliphatic carbocycles. The minimum absolute atomic E-state index is 0.206. The number of aromatic nitrogens is 2. The first kappa shape index (κ1) is 27.4. The van der Waals surface area contributed by atoms with Crippen LogP contribution < -0.4 is 11.1 Å². The molecule has 3 aromatic rings. The molecule has 0 saturated carbocycles. The van der Waals surface area contributed by atoms with Gasteiger partial charge in [-0.05, 0) is 53.0 Å². The summed E-state index contributed by atoms with van der Waals surface area (Å²) in [5, 5.41) is 11.1. The fourth-order valence-electron chi connectivity index (χ4n) is 6.62. The molecule has 11 heteroatoms. The van der Waals surface area contributed by atoms with Crippen molar-refractivity contribution in [2.75, 3.05) is 6.54 Å². The van der Waals surface area contributed by atoms with Gasteiger partial charge in [0.05, 0.1) is 28.7 Å². The number of rotatable bonds is 3. The Morgan fingerprint density at radius 1 is 1.20 bits per heavy atom. The van der Waals surface area contributed by atoms with Gasteiger partial charge >= 0.3 is 6.03 Å². The predicted molar refractivity (Wildman–Crippen MR) is 153 cm³/mol. The molecule has 1 saturated heterocycles. The van der Waals surface area contributed by atoms with Crippen LogP contribution >= 0.6 is 11.6 Å². The molecular formula is C30H33ClN6O4. The van der Waals surface area contributed by atoms with Crippen molar-refractivity contribution in [2.45, 2.75) is 64.6 Å². The van der Waals surface area contributed by atoms with Gasteiger partial charge in [-0.25, -0.2) is 4.79 Å². The summed E-state index contributed by atoms with van der Waals surface area (Å²) < 4.78 is 0. The number of nitrogens with one attached hydrogen (secondary N) is 2. The third-order valence-corrected chi connectivity index (χ3v) is 8.83. The minimum atomic E-state index is -1.40. The van der Waals surface area contributed by atoms with Crippen LogP contribution in [-0.4, -0.2) is 55.8 Å². The number of aryl methyl sites for hydroxylation is 1. The van der Waals surface area contributed by atoms with Gasteiger partial charge in [-0.15, -0.1) is 0 Å². The summed E-state index contributed by atoms with van der Waals surface area (Å²) >= 11 is 6.54. The van der Waals surface area contributed by atoms with E-state index in [1.165, 1.54) is 0 Å². The van der Waals surface area contributed by atoms with Crippen LogP contribution in [0.5, 0.6) is 0 Å². The van der Waals surface area contributed by atoms with Crippen molar-refractivity contribution in [3.8, 4) is 0 Å². The van der Waals surface area contributed by atoms with Crippen LogP contribution in [0, 0.1) is 11.3 Å². The van der Waals surface area contributed by atoms with Crippen LogP contribution in [0.2, 0.25) is 5.02 Å². The number of H-pyrrole nitrogens is 1. The Bertz CT molecular complexity index is 1610. The zero-order valence-corrected chi connectivity index (χ0v) is 24.0. The molecule has 2 unspecified atom stereocenters. The fourth-order valence-corrected chi connectivity index (χ4v) is 6.89. The van der Waals surface area contributed by atoms with E-state index in [1.807, 2.05) is 51.1 Å². The molecule has 41 heavy (non-hydrogen) atoms. The highest BCUT2D eigenvalue weighted by molar-refractivity contribution is 6.35. The topological polar surface area (TPSA) is 141 Å². The lowest BCUT2D eigenvalue weighted by molar-refractivity contribution is -0.146. The highest BCUT2D eigenvalue weighted by atomic mass is 35.5. The number of aromatic amines is 1. The molecule has 1 fully saturated rings. The van der Waals surface area contributed by atoms with Crippen molar-refractivity contribution in [3.05, 3.63) is 63.8 Å². The average Bonchev–Trinajstić information content (AvgIpc) is 3.47. The lowest BCUT2D eigenvalue weighted by Crippen LogP contribution is -2.57. The van der Waals surface area contributed by atoms with Crippen molar-refractivity contribution in [1.82, 2.24) is 25.3 Å². The van der Waals surface area contributed by atoms with Gasteiger partial charge in [-0.3, -0.25) is 19.5 Å². The van der Waals surface area contributed by atoms with Crippen molar-refractivity contribution < 1.29 is 19.2 Å². The summed E-state index contributed by atoms with van der Waals surface area (Å²) in [5.41, 5.74) is 9.19. The van der Waals surface area contributed by atoms with Crippen LogP contribution in [0.1, 0.15) is 61.9 Å². The van der Waals surface area contributed by atoms with Crippen LogP contribution in [0.15, 0.2) is 36.5 Å². The summed E-state index contributed by atoms with van der Waals surface area (Å²) in [4.78, 5) is 57.0. The van der Waals surface area contributed by atoms with E-state index >= 15 is 0 Å². The average molecular weight is 577 g/mol. The first-order valence-corrected chi connectivity index (χ1v) is 14.2. The van der Waals surface area contributed by atoms with Gasteiger partial charge in [0.25, 0.3) is 5.91 Å². The lowest BCUT2D eigenvalue weighted by Gasteiger charge is -2.38. The zero-order chi connectivity index (χ0) is 29.3. The number of hydrogen-bond acceptors (Lipinski definition) is 6. The molecule has 1 aromatic heterocycles. The SMILES string of the molecule is CC(C)(C)CN1Cc2c(cc(Cl)c3[nH]ncc23)C[C@@H](CC(=O)N2C(=O)NC3(CCc4ccccc4C3N)C2=O)C1=O. The molecule has 4 N–H and O–H groups in total. The number of nitrogens with two attached hydrogens (primary N) is 1. The van der Waals surface area contributed by atoms with E-state index in [4.69, 9.17) is 17.3 Å². The van der Waals surface area contributed by atoms with E-state index in [2.05, 4.69) is 15.5 Å². The van der Waals surface area contributed by atoms with Crippen molar-refractivity contribution in [3.63, 3.8) is 0 Å². The van der Waals surface area contributed by atoms with Crippen LogP contribution in [0.25, 0.3) is 10.9 Å². The predicted octanol–water partition coefficient (Wildman–Crippen LogP) is 3.62. The maximum Gasteiger partial charge on any atom is 0.332 e. The van der Waals surface area contributed by atoms with E-state index < -0.39 is 35.3 Å². The molecule has 214 valence electrons. The molecule has 10 nitrogen and oxygen atoms in total. The van der Waals surface area contributed by atoms with Gasteiger partial charge in [-0.1, -0.05) is 56.6 Å². The number of halogens is 1. The summed E-state index contributed by atoms with van der Waals surface area (Å²) in [6, 6.07) is 7.76. The number of carbonyl (C=O) groups is 4. The second kappa shape index (κ2) is 9.66. The number of benzene rings is 2. The van der Waals surface area contributed by atoms with E-state index in [0.29, 0.717) is 34.9 Å². The number of nitrogens with zero attached hydrogens (tertiary/aromatic N) is 3. The van der Waals surface area contributed by atoms with Crippen LogP contribution in [-0.2, 0) is 33.8 Å². The molecule has 3 heterocycles. The molecule has 6 rings (SSSR count). The summed E-state index contributed by atoms with van der Waals surface area (Å²) in [6.45, 7) is 6.92. The van der Waals surface area contributed by atoms with Gasteiger partial charge in [0.1, 0.15) is 5.54 Å². The third-order valence-electron chi connectivity index (χ3n) is 8.53. The van der Waals surface area contributed by atoms with Crippen LogP contribution in [0.4, 0.5) is 4.79 Å². The number of hydrogen-bond donors (Lipinski definition) is 3. The summed E-state index contributed by atoms with van der Waals surface area (Å²) in [6.07, 6.45) is 2.46. The van der Waals surface area contributed by atoms with Gasteiger partial charge in [0.2, 0.25) is 11.8 Å². The number of urea groups is 1. The minimum Gasteiger partial charge on any atom is -0.338 e. The highest BCUT2D eigenvalue weighted by Gasteiger charge is 2.58. The van der Waals surface area contributed by atoms with Gasteiger partial charge in [0, 0.05) is 24.9 Å². The Kier molecular flexibility index (Phi) is 6.46. The number of imide groups is 3. The second-order valence-electron chi connectivity index (χ2n) is 12.6. The molecule has 5 amide bonds. The number of fused-ring (bicyclic) bond motifs is 4. The zero-order valence-electron chi connectivity index (χ0n) is 23.3. The molecule has 1 spiro atoms. The second-order valence-corrected chi connectivity index (χ2v) is 13.0. The van der Waals surface area contributed by atoms with E-state index in [-0.39, 0.29) is 30.6 Å². The first-order chi connectivity index (χ1) is 19.4. The Labute approximate surface area is 242 Å². The maximum absolute atomic E-state index is 13.9. The van der Waals surface area contributed by atoms with Crippen LogP contribution in [0.3, 0.4) is 0 Å². The highest BCUT2D eigenvalue weighted by Crippen LogP contribution is 2.41. The monoisotopic (exact) mass is 576 g/mol. The summed E-state index contributed by atoms with van der Waals surface area (Å²) in [7, 11) is 0. The van der Waals surface area contributed by atoms with E-state index in [9.17, 15) is 19.2 Å². The number of carbonyl (C=O) groups excluding carboxylic acids is 4. The van der Waals surface area contributed by atoms with Gasteiger partial charge < -0.3 is 16.0 Å². The third kappa shape index (κ3) is 4.49. The Morgan fingerprint density at radius 2 is 1.95 bits per heavy atom. The van der Waals surface area contributed by atoms with Crippen molar-refractivity contribution >= 4 is 46.3 Å². The van der Waals surface area contributed by atoms with Gasteiger partial charge in [-0.2, -0.15) is 10.00 Å². The smallest absolute Gasteiger partial charge is 0.332 e. The molecule has 3 aliphatic rings. The maximum atomic E-state index is 13.9. The summed E-state index contributed by atoms with van der Waals surface area (Å²) in [5.74, 6) is -2.37. The van der Waals surface area contributed by atoms with Gasteiger partial charge in [0.15, 0.2) is 0 Å². The Morgan fingerprint density at radius 3 is 2.71 bits per heavy atom. The number of amides is 5. The standard InChI is InChI=1S/C30H33ClN6O4/c1-29(2,3)15-36-14-21-17(11-22(31)24-20(21)13-33-35-24)10-18(26(36)39)12-23(38)37-27(40)30(34-28(37)41)9-8-16-6-4-5-7-19(16)25(30)32/h4-7,11,13,18,25H,8-10,12,14-15,32H2,1-3H3,(H,33,35)(H,34,41)/t18-,25?,30?/m0/s1.